The summed E-state index contributed by atoms with van der Waals surface area (Å²) < 4.78 is 17.3. The van der Waals surface area contributed by atoms with Gasteiger partial charge in [0, 0.05) is 24.2 Å². The van der Waals surface area contributed by atoms with E-state index in [0.717, 1.165) is 32.4 Å². The van der Waals surface area contributed by atoms with Crippen LogP contribution in [-0.4, -0.2) is 66.4 Å². The van der Waals surface area contributed by atoms with Gasteiger partial charge < -0.3 is 29.4 Å². The van der Waals surface area contributed by atoms with Gasteiger partial charge in [-0.2, -0.15) is 0 Å². The number of amides is 1. The van der Waals surface area contributed by atoms with Crippen LogP contribution in [0.4, 0.5) is 16.7 Å². The number of hydrogen-bond donors (Lipinski definition) is 2. The molecule has 2 N–H and O–H groups in total. The summed E-state index contributed by atoms with van der Waals surface area (Å²) in [6.45, 7) is 2.64. The molecule has 1 saturated heterocycles. The number of rotatable bonds is 7. The third-order valence-corrected chi connectivity index (χ3v) is 8.28. The average Bonchev–Trinajstić information content (AvgIpc) is 3.69. The summed E-state index contributed by atoms with van der Waals surface area (Å²) in [6, 6.07) is 25.1. The number of nitrogens with zero attached hydrogens (tertiary/aromatic N) is 5. The molecule has 0 bridgehead atoms. The molecule has 0 radical (unpaired) electrons. The van der Waals surface area contributed by atoms with Crippen LogP contribution in [0.15, 0.2) is 88.3 Å². The molecular formula is C31H27N7O4S. The normalized spacial score (nSPS) is 16.6. The maximum Gasteiger partial charge on any atom is 0.317 e. The van der Waals surface area contributed by atoms with Gasteiger partial charge in [0.25, 0.3) is 11.8 Å². The summed E-state index contributed by atoms with van der Waals surface area (Å²) in [7, 11) is 1.64. The highest BCUT2D eigenvalue weighted by Crippen LogP contribution is 2.43. The van der Waals surface area contributed by atoms with Crippen molar-refractivity contribution in [1.29, 1.82) is 0 Å². The van der Waals surface area contributed by atoms with E-state index < -0.39 is 6.17 Å². The summed E-state index contributed by atoms with van der Waals surface area (Å²) in [6.07, 6.45) is -1.02. The van der Waals surface area contributed by atoms with Gasteiger partial charge in [-0.15, -0.1) is 5.10 Å². The first-order valence-corrected chi connectivity index (χ1v) is 14.6. The predicted molar refractivity (Wildman–Crippen MR) is 165 cm³/mol. The quantitative estimate of drug-likeness (QED) is 0.270. The van der Waals surface area contributed by atoms with Gasteiger partial charge in [-0.05, 0) is 18.2 Å². The molecule has 1 atom stereocenters. The van der Waals surface area contributed by atoms with Gasteiger partial charge in [-0.25, -0.2) is 9.98 Å². The topological polar surface area (TPSA) is 127 Å². The number of ether oxygens (including phenoxy) is 2. The molecule has 2 aliphatic heterocycles. The monoisotopic (exact) mass is 593 g/mol. The second-order valence-corrected chi connectivity index (χ2v) is 10.8. The van der Waals surface area contributed by atoms with Crippen molar-refractivity contribution >= 4 is 39.7 Å². The fourth-order valence-corrected chi connectivity index (χ4v) is 6.18. The summed E-state index contributed by atoms with van der Waals surface area (Å²) in [4.78, 5) is 25.3. The Morgan fingerprint density at radius 3 is 2.51 bits per heavy atom. The van der Waals surface area contributed by atoms with Crippen LogP contribution >= 0.6 is 11.3 Å². The number of benzene rings is 3. The first-order chi connectivity index (χ1) is 21.2. The van der Waals surface area contributed by atoms with Crippen molar-refractivity contribution in [1.82, 2.24) is 15.2 Å². The van der Waals surface area contributed by atoms with Gasteiger partial charge in [-0.1, -0.05) is 77.1 Å². The maximum absolute atomic E-state index is 13.3. The predicted octanol–water partition coefficient (Wildman–Crippen LogP) is 4.93. The molecule has 12 heteroatoms. The maximum atomic E-state index is 13.3. The highest BCUT2D eigenvalue weighted by atomic mass is 32.1. The van der Waals surface area contributed by atoms with Crippen LogP contribution < -0.4 is 20.3 Å². The molecule has 43 heavy (non-hydrogen) atoms. The molecule has 7 rings (SSSR count). The summed E-state index contributed by atoms with van der Waals surface area (Å²) in [5, 5.41) is 16.2. The molecule has 2 aromatic heterocycles. The summed E-state index contributed by atoms with van der Waals surface area (Å²) in [5.74, 6) is 0.599. The van der Waals surface area contributed by atoms with E-state index in [1.54, 1.807) is 7.11 Å². The lowest BCUT2D eigenvalue weighted by atomic mass is 10.0. The van der Waals surface area contributed by atoms with E-state index in [-0.39, 0.29) is 17.8 Å². The third kappa shape index (κ3) is 5.33. The largest absolute Gasteiger partial charge is 0.496 e. The zero-order chi connectivity index (χ0) is 29.2. The van der Waals surface area contributed by atoms with Crippen molar-refractivity contribution in [3.8, 4) is 27.9 Å². The van der Waals surface area contributed by atoms with E-state index in [1.807, 2.05) is 78.9 Å². The Hall–Kier alpha value is -5.07. The number of carbonyl (C=O) groups excluding carboxylic acids is 1. The molecule has 0 saturated carbocycles. The number of anilines is 3. The van der Waals surface area contributed by atoms with Gasteiger partial charge in [0.15, 0.2) is 5.69 Å². The van der Waals surface area contributed by atoms with Gasteiger partial charge in [0.1, 0.15) is 15.8 Å². The molecule has 1 amide bonds. The Balaban J connectivity index is 1.24. The first-order valence-electron chi connectivity index (χ1n) is 13.8. The number of thiazole rings is 1. The van der Waals surface area contributed by atoms with Crippen molar-refractivity contribution in [3.63, 3.8) is 0 Å². The lowest BCUT2D eigenvalue weighted by Crippen LogP contribution is -2.35. The van der Waals surface area contributed by atoms with E-state index >= 15 is 0 Å². The van der Waals surface area contributed by atoms with E-state index in [4.69, 9.17) is 23.9 Å². The molecule has 1 fully saturated rings. The summed E-state index contributed by atoms with van der Waals surface area (Å²) in [5.41, 5.74) is 4.46. The van der Waals surface area contributed by atoms with Crippen LogP contribution in [0.3, 0.4) is 0 Å². The van der Waals surface area contributed by atoms with E-state index in [1.165, 1.54) is 11.3 Å². The Morgan fingerprint density at radius 2 is 1.70 bits per heavy atom. The van der Waals surface area contributed by atoms with E-state index in [0.29, 0.717) is 43.4 Å². The Bertz CT molecular complexity index is 1800. The number of methoxy groups -OCH3 is 1. The number of benzodiazepines with no additional fused rings is 1. The van der Waals surface area contributed by atoms with Gasteiger partial charge in [0.05, 0.1) is 37.3 Å². The van der Waals surface area contributed by atoms with Crippen molar-refractivity contribution in [2.45, 2.75) is 6.17 Å². The van der Waals surface area contributed by atoms with Gasteiger partial charge >= 0.3 is 6.01 Å². The van der Waals surface area contributed by atoms with Gasteiger partial charge in [-0.3, -0.25) is 4.79 Å². The molecule has 2 aliphatic rings. The van der Waals surface area contributed by atoms with E-state index in [9.17, 15) is 4.79 Å². The highest BCUT2D eigenvalue weighted by molar-refractivity contribution is 7.19. The van der Waals surface area contributed by atoms with Crippen LogP contribution in [0.1, 0.15) is 11.1 Å². The van der Waals surface area contributed by atoms with Crippen LogP contribution in [-0.2, 0) is 9.53 Å². The minimum Gasteiger partial charge on any atom is -0.496 e. The summed E-state index contributed by atoms with van der Waals surface area (Å²) >= 11 is 1.53. The number of carbonyl (C=O) groups is 1. The third-order valence-electron chi connectivity index (χ3n) is 7.13. The van der Waals surface area contributed by atoms with Crippen LogP contribution in [0.5, 0.6) is 5.75 Å². The molecule has 3 aromatic carbocycles. The molecule has 5 aromatic rings. The lowest BCUT2D eigenvalue weighted by molar-refractivity contribution is -0.116. The fraction of sp³-hybridized carbons (Fsp3) is 0.194. The number of morpholine rings is 1. The lowest BCUT2D eigenvalue weighted by Gasteiger charge is -2.27. The van der Waals surface area contributed by atoms with Crippen LogP contribution in [0.25, 0.3) is 22.2 Å². The zero-order valence-electron chi connectivity index (χ0n) is 23.2. The Morgan fingerprint density at radius 1 is 0.953 bits per heavy atom. The second kappa shape index (κ2) is 11.7. The Labute approximate surface area is 251 Å². The van der Waals surface area contributed by atoms with Crippen LogP contribution in [0.2, 0.25) is 0 Å². The first kappa shape index (κ1) is 26.8. The van der Waals surface area contributed by atoms with Crippen molar-refractivity contribution in [3.05, 3.63) is 90.0 Å². The van der Waals surface area contributed by atoms with Crippen molar-refractivity contribution < 1.29 is 18.7 Å². The minimum absolute atomic E-state index is 0.0528. The number of hydrogen-bond acceptors (Lipinski definition) is 11. The minimum atomic E-state index is -1.02. The van der Waals surface area contributed by atoms with E-state index in [2.05, 4.69) is 25.7 Å². The Kier molecular flexibility index (Phi) is 7.27. The molecule has 4 heterocycles. The number of aromatic nitrogens is 3. The molecule has 11 nitrogen and oxygen atoms in total. The number of fused-ring (bicyclic) bond motifs is 1. The molecule has 0 aliphatic carbocycles. The number of para-hydroxylation sites is 2. The average molecular weight is 594 g/mol. The van der Waals surface area contributed by atoms with Gasteiger partial charge in [0.2, 0.25) is 6.17 Å². The van der Waals surface area contributed by atoms with Crippen molar-refractivity contribution in [2.75, 3.05) is 48.9 Å². The smallest absolute Gasteiger partial charge is 0.317 e. The van der Waals surface area contributed by atoms with Crippen molar-refractivity contribution in [2.24, 2.45) is 4.99 Å². The second-order valence-electron chi connectivity index (χ2n) is 9.81. The van der Waals surface area contributed by atoms with Crippen LogP contribution in [0, 0.1) is 0 Å². The molecule has 0 spiro atoms. The fourth-order valence-electron chi connectivity index (χ4n) is 5.04. The molecule has 216 valence electrons. The molecular weight excluding hydrogens is 566 g/mol. The number of nitrogens with one attached hydrogen (secondary N) is 2. The standard InChI is InChI=1S/C31H27N7O4S/c1-40-23-14-8-6-12-21(23)29-34-25(30(43-29)38-15-17-41-18-16-38)28-36-37-31(42-28)35-26-27(39)32-22-13-7-5-11-20(22)24(33-26)19-9-3-2-4-10-19/h2-14,26H,15-18H2,1H3,(H,32,39)(H,35,37)/t26-/m1/s1. The zero-order valence-corrected chi connectivity index (χ0v) is 24.0. The SMILES string of the molecule is COc1ccccc1-c1nc(-c2nnc(N[C@H]3N=C(c4ccccc4)c4ccccc4NC3=O)o2)c(N2CCOCC2)s1. The molecule has 0 unspecified atom stereocenters. The highest BCUT2D eigenvalue weighted by Gasteiger charge is 2.29. The number of aliphatic imine (C=N–C) groups is 1.